The minimum Gasteiger partial charge on any atom is -0.494 e. The number of hydrogen-bond donors (Lipinski definition) is 2. The van der Waals surface area contributed by atoms with E-state index in [0.717, 1.165) is 24.3 Å². The summed E-state index contributed by atoms with van der Waals surface area (Å²) in [6.07, 6.45) is 0.867. The van der Waals surface area contributed by atoms with Crippen LogP contribution in [0.15, 0.2) is 29.3 Å². The molecule has 0 aliphatic heterocycles. The van der Waals surface area contributed by atoms with Gasteiger partial charge in [-0.15, -0.1) is 0 Å². The Hall–Kier alpha value is -2.28. The molecule has 0 saturated carbocycles. The predicted octanol–water partition coefficient (Wildman–Crippen LogP) is 1.64. The summed E-state index contributed by atoms with van der Waals surface area (Å²) in [6.45, 7) is 7.33. The van der Waals surface area contributed by atoms with Gasteiger partial charge in [0, 0.05) is 39.4 Å². The highest BCUT2D eigenvalue weighted by molar-refractivity contribution is 5.86. The highest BCUT2D eigenvalue weighted by Crippen LogP contribution is 2.18. The molecule has 0 spiro atoms. The van der Waals surface area contributed by atoms with Crippen LogP contribution in [0.25, 0.3) is 0 Å². The second-order valence-corrected chi connectivity index (χ2v) is 5.82. The van der Waals surface area contributed by atoms with Crippen molar-refractivity contribution in [2.24, 2.45) is 4.99 Å². The fourth-order valence-corrected chi connectivity index (χ4v) is 2.11. The Kier molecular flexibility index (Phi) is 10.9. The smallest absolute Gasteiger partial charge is 0.241 e. The van der Waals surface area contributed by atoms with Crippen LogP contribution in [0, 0.1) is 0 Å². The number of likely N-dealkylation sites (N-methyl/N-ethyl adjacent to an activating group) is 1. The number of guanidine groups is 1. The van der Waals surface area contributed by atoms with Crippen LogP contribution in [0.1, 0.15) is 25.8 Å². The molecule has 2 N–H and O–H groups in total. The number of nitrogens with one attached hydrogen (secondary N) is 2. The first-order valence-corrected chi connectivity index (χ1v) is 9.09. The number of amides is 1. The number of benzene rings is 1. The van der Waals surface area contributed by atoms with Gasteiger partial charge < -0.3 is 25.0 Å². The number of ether oxygens (including phenoxy) is 2. The zero-order chi connectivity index (χ0) is 19.2. The number of carbonyl (C=O) groups excluding carboxylic acids is 1. The van der Waals surface area contributed by atoms with Crippen molar-refractivity contribution in [2.75, 3.05) is 47.0 Å². The molecule has 0 radical (unpaired) electrons. The van der Waals surface area contributed by atoms with Crippen LogP contribution in [-0.2, 0) is 16.1 Å². The van der Waals surface area contributed by atoms with Gasteiger partial charge in [0.2, 0.25) is 5.91 Å². The van der Waals surface area contributed by atoms with Gasteiger partial charge in [-0.25, -0.2) is 4.99 Å². The molecule has 1 aromatic rings. The maximum absolute atomic E-state index is 11.8. The van der Waals surface area contributed by atoms with Crippen molar-refractivity contribution in [3.05, 3.63) is 29.8 Å². The first kappa shape index (κ1) is 21.8. The second kappa shape index (κ2) is 13.0. The zero-order valence-electron chi connectivity index (χ0n) is 16.4. The second-order valence-electron chi connectivity index (χ2n) is 5.82. The Labute approximate surface area is 156 Å². The molecule has 0 aliphatic carbocycles. The third-order valence-electron chi connectivity index (χ3n) is 3.55. The van der Waals surface area contributed by atoms with E-state index in [9.17, 15) is 4.79 Å². The lowest BCUT2D eigenvalue weighted by Gasteiger charge is -2.15. The van der Waals surface area contributed by atoms with E-state index in [4.69, 9.17) is 9.47 Å². The van der Waals surface area contributed by atoms with Crippen LogP contribution < -0.4 is 15.4 Å². The van der Waals surface area contributed by atoms with Gasteiger partial charge in [0.1, 0.15) is 5.75 Å². The van der Waals surface area contributed by atoms with Crippen LogP contribution in [0.4, 0.5) is 0 Å². The molecule has 0 unspecified atom stereocenters. The van der Waals surface area contributed by atoms with E-state index in [2.05, 4.69) is 15.6 Å². The van der Waals surface area contributed by atoms with E-state index >= 15 is 0 Å². The molecule has 26 heavy (non-hydrogen) atoms. The summed E-state index contributed by atoms with van der Waals surface area (Å²) < 4.78 is 11.0. The first-order valence-electron chi connectivity index (χ1n) is 9.09. The fraction of sp³-hybridized carbons (Fsp3) is 0.579. The molecule has 1 aromatic carbocycles. The topological polar surface area (TPSA) is 75.2 Å². The Bertz CT molecular complexity index is 561. The Morgan fingerprint density at radius 1 is 1.15 bits per heavy atom. The van der Waals surface area contributed by atoms with Crippen molar-refractivity contribution in [3.8, 4) is 5.75 Å². The zero-order valence-corrected chi connectivity index (χ0v) is 16.4. The van der Waals surface area contributed by atoms with E-state index in [1.807, 2.05) is 38.1 Å². The molecule has 1 amide bonds. The molecule has 146 valence electrons. The average Bonchev–Trinajstić information content (AvgIpc) is 2.64. The molecule has 0 aromatic heterocycles. The predicted molar refractivity (Wildman–Crippen MR) is 105 cm³/mol. The van der Waals surface area contributed by atoms with Crippen molar-refractivity contribution in [3.63, 3.8) is 0 Å². The number of para-hydroxylation sites is 1. The van der Waals surface area contributed by atoms with Crippen LogP contribution in [-0.4, -0.2) is 63.8 Å². The highest BCUT2D eigenvalue weighted by atomic mass is 16.5. The van der Waals surface area contributed by atoms with Crippen molar-refractivity contribution in [1.29, 1.82) is 0 Å². The van der Waals surface area contributed by atoms with Crippen LogP contribution in [0.3, 0.4) is 0 Å². The molecule has 0 atom stereocenters. The van der Waals surface area contributed by atoms with E-state index in [-0.39, 0.29) is 12.5 Å². The van der Waals surface area contributed by atoms with Gasteiger partial charge in [0.05, 0.1) is 19.7 Å². The Morgan fingerprint density at radius 2 is 1.92 bits per heavy atom. The highest BCUT2D eigenvalue weighted by Gasteiger charge is 2.07. The molecule has 0 aliphatic rings. The molecular weight excluding hydrogens is 332 g/mol. The summed E-state index contributed by atoms with van der Waals surface area (Å²) in [6, 6.07) is 7.84. The van der Waals surface area contributed by atoms with Crippen molar-refractivity contribution in [1.82, 2.24) is 15.5 Å². The van der Waals surface area contributed by atoms with Crippen LogP contribution in [0.5, 0.6) is 5.75 Å². The number of hydrogen-bond acceptors (Lipinski definition) is 4. The summed E-state index contributed by atoms with van der Waals surface area (Å²) in [5.74, 6) is 1.42. The van der Waals surface area contributed by atoms with Crippen molar-refractivity contribution < 1.29 is 14.3 Å². The quantitative estimate of drug-likeness (QED) is 0.355. The summed E-state index contributed by atoms with van der Waals surface area (Å²) in [4.78, 5) is 18.0. The van der Waals surface area contributed by atoms with Crippen LogP contribution >= 0.6 is 0 Å². The monoisotopic (exact) mass is 364 g/mol. The summed E-state index contributed by atoms with van der Waals surface area (Å²) in [7, 11) is 3.46. The summed E-state index contributed by atoms with van der Waals surface area (Å²) >= 11 is 0. The molecule has 0 bridgehead atoms. The minimum atomic E-state index is -0.0106. The molecule has 7 heteroatoms. The Balaban J connectivity index is 2.69. The lowest BCUT2D eigenvalue weighted by molar-refractivity contribution is -0.127. The van der Waals surface area contributed by atoms with E-state index < -0.39 is 0 Å². The number of nitrogens with zero attached hydrogens (tertiary/aromatic N) is 2. The van der Waals surface area contributed by atoms with Gasteiger partial charge in [0.15, 0.2) is 5.96 Å². The van der Waals surface area contributed by atoms with Gasteiger partial charge in [0.25, 0.3) is 0 Å². The van der Waals surface area contributed by atoms with E-state index in [1.165, 1.54) is 0 Å². The standard InChI is InChI=1S/C19H32N4O3/c1-5-25-13-9-12-20-19(22-15-18(24)23(3)4)21-14-16-10-7-8-11-17(16)26-6-2/h7-8,10-11H,5-6,9,12-15H2,1-4H3,(H2,20,21,22). The lowest BCUT2D eigenvalue weighted by Crippen LogP contribution is -2.43. The van der Waals surface area contributed by atoms with Gasteiger partial charge in [-0.2, -0.15) is 0 Å². The van der Waals surface area contributed by atoms with Crippen molar-refractivity contribution in [2.45, 2.75) is 26.8 Å². The lowest BCUT2D eigenvalue weighted by atomic mass is 10.2. The number of carbonyl (C=O) groups is 1. The van der Waals surface area contributed by atoms with Gasteiger partial charge >= 0.3 is 0 Å². The summed E-state index contributed by atoms with van der Waals surface area (Å²) in [5, 5.41) is 6.32. The SMILES string of the molecule is CCOCCCNC(=NCc1ccccc1OCC)NCC(=O)N(C)C. The normalized spacial score (nSPS) is 11.2. The number of rotatable bonds is 11. The maximum Gasteiger partial charge on any atom is 0.241 e. The van der Waals surface area contributed by atoms with Gasteiger partial charge in [-0.05, 0) is 26.3 Å². The largest absolute Gasteiger partial charge is 0.494 e. The summed E-state index contributed by atoms with van der Waals surface area (Å²) in [5.41, 5.74) is 1.00. The third kappa shape index (κ3) is 8.71. The molecule has 0 fully saturated rings. The minimum absolute atomic E-state index is 0.0106. The number of aliphatic imine (C=N–C) groups is 1. The molecule has 0 heterocycles. The van der Waals surface area contributed by atoms with E-state index in [0.29, 0.717) is 32.3 Å². The molecule has 1 rings (SSSR count). The van der Waals surface area contributed by atoms with E-state index in [1.54, 1.807) is 19.0 Å². The molecular formula is C19H32N4O3. The van der Waals surface area contributed by atoms with Gasteiger partial charge in [-0.3, -0.25) is 4.79 Å². The average molecular weight is 364 g/mol. The van der Waals surface area contributed by atoms with Crippen molar-refractivity contribution >= 4 is 11.9 Å². The maximum atomic E-state index is 11.8. The van der Waals surface area contributed by atoms with Gasteiger partial charge in [-0.1, -0.05) is 18.2 Å². The van der Waals surface area contributed by atoms with Crippen LogP contribution in [0.2, 0.25) is 0 Å². The first-order chi connectivity index (χ1) is 12.6. The molecule has 7 nitrogen and oxygen atoms in total. The fourth-order valence-electron chi connectivity index (χ4n) is 2.11. The third-order valence-corrected chi connectivity index (χ3v) is 3.55. The Morgan fingerprint density at radius 3 is 2.62 bits per heavy atom. The molecule has 0 saturated heterocycles.